The van der Waals surface area contributed by atoms with E-state index in [2.05, 4.69) is 10.2 Å². The zero-order valence-electron chi connectivity index (χ0n) is 15.9. The van der Waals surface area contributed by atoms with Gasteiger partial charge in [-0.1, -0.05) is 12.1 Å². The van der Waals surface area contributed by atoms with Crippen LogP contribution in [0.25, 0.3) is 0 Å². The molecule has 1 amide bonds. The molecule has 144 valence electrons. The minimum atomic E-state index is -3.48. The fourth-order valence-corrected chi connectivity index (χ4v) is 4.70. The molecule has 0 atom stereocenters. The van der Waals surface area contributed by atoms with Crippen LogP contribution in [0, 0.1) is 13.8 Å². The molecule has 0 aromatic heterocycles. The molecular formula is C20H25N3O3S. The first kappa shape index (κ1) is 19.4. The first-order valence-corrected chi connectivity index (χ1v) is 10.4. The van der Waals surface area contributed by atoms with E-state index in [1.54, 1.807) is 16.4 Å². The van der Waals surface area contributed by atoms with E-state index in [1.165, 1.54) is 6.92 Å². The molecule has 2 aromatic carbocycles. The Kier molecular flexibility index (Phi) is 5.53. The lowest BCUT2D eigenvalue weighted by atomic mass is 10.1. The summed E-state index contributed by atoms with van der Waals surface area (Å²) in [5, 5.41) is 2.78. The Morgan fingerprint density at radius 2 is 1.67 bits per heavy atom. The molecular weight excluding hydrogens is 362 g/mol. The van der Waals surface area contributed by atoms with Gasteiger partial charge in [-0.15, -0.1) is 0 Å². The van der Waals surface area contributed by atoms with Crippen LogP contribution in [0.5, 0.6) is 0 Å². The number of carbonyl (C=O) groups excluding carboxylic acids is 1. The Hall–Kier alpha value is -2.38. The van der Waals surface area contributed by atoms with Gasteiger partial charge in [0.25, 0.3) is 0 Å². The number of carbonyl (C=O) groups is 1. The maximum absolute atomic E-state index is 12.9. The van der Waals surface area contributed by atoms with E-state index in [4.69, 9.17) is 0 Å². The van der Waals surface area contributed by atoms with Crippen LogP contribution in [0.3, 0.4) is 0 Å². The van der Waals surface area contributed by atoms with E-state index in [0.717, 1.165) is 22.5 Å². The Bertz CT molecular complexity index is 949. The van der Waals surface area contributed by atoms with Gasteiger partial charge in [0.15, 0.2) is 0 Å². The molecule has 6 nitrogen and oxygen atoms in total. The molecule has 1 aliphatic rings. The largest absolute Gasteiger partial charge is 0.369 e. The third-order valence-corrected chi connectivity index (χ3v) is 6.78. The average Bonchev–Trinajstić information content (AvgIpc) is 2.63. The van der Waals surface area contributed by atoms with Gasteiger partial charge < -0.3 is 10.2 Å². The van der Waals surface area contributed by atoms with E-state index in [0.29, 0.717) is 31.1 Å². The molecule has 0 bridgehead atoms. The number of aryl methyl sites for hydroxylation is 2. The van der Waals surface area contributed by atoms with E-state index >= 15 is 0 Å². The summed E-state index contributed by atoms with van der Waals surface area (Å²) >= 11 is 0. The normalized spacial score (nSPS) is 15.6. The van der Waals surface area contributed by atoms with E-state index in [1.807, 2.05) is 44.2 Å². The molecule has 1 aliphatic heterocycles. The summed E-state index contributed by atoms with van der Waals surface area (Å²) < 4.78 is 27.4. The van der Waals surface area contributed by atoms with Crippen molar-refractivity contribution in [2.75, 3.05) is 36.4 Å². The van der Waals surface area contributed by atoms with Crippen molar-refractivity contribution in [1.29, 1.82) is 0 Å². The van der Waals surface area contributed by atoms with Crippen LogP contribution in [-0.4, -0.2) is 44.8 Å². The molecule has 0 saturated carbocycles. The molecule has 1 fully saturated rings. The van der Waals surface area contributed by atoms with Gasteiger partial charge in [-0.25, -0.2) is 8.42 Å². The summed E-state index contributed by atoms with van der Waals surface area (Å²) in [6, 6.07) is 12.9. The zero-order chi connectivity index (χ0) is 19.6. The van der Waals surface area contributed by atoms with Gasteiger partial charge in [-0.3, -0.25) is 4.79 Å². The summed E-state index contributed by atoms with van der Waals surface area (Å²) in [6.45, 7) is 7.44. The van der Waals surface area contributed by atoms with Crippen LogP contribution in [-0.2, 0) is 14.8 Å². The van der Waals surface area contributed by atoms with Crippen LogP contribution in [0.2, 0.25) is 0 Å². The van der Waals surface area contributed by atoms with Crippen molar-refractivity contribution in [3.8, 4) is 0 Å². The van der Waals surface area contributed by atoms with Crippen molar-refractivity contribution in [2.45, 2.75) is 25.7 Å². The summed E-state index contributed by atoms with van der Waals surface area (Å²) in [6.07, 6.45) is 0. The third-order valence-electron chi connectivity index (χ3n) is 4.89. The van der Waals surface area contributed by atoms with Gasteiger partial charge >= 0.3 is 0 Å². The van der Waals surface area contributed by atoms with Crippen molar-refractivity contribution >= 4 is 27.3 Å². The third kappa shape index (κ3) is 4.31. The van der Waals surface area contributed by atoms with E-state index in [9.17, 15) is 13.2 Å². The lowest BCUT2D eigenvalue weighted by Gasteiger charge is -2.35. The van der Waals surface area contributed by atoms with Crippen LogP contribution in [0.1, 0.15) is 18.1 Å². The van der Waals surface area contributed by atoms with E-state index in [-0.39, 0.29) is 5.91 Å². The van der Waals surface area contributed by atoms with Gasteiger partial charge in [0.1, 0.15) is 0 Å². The highest BCUT2D eigenvalue weighted by Crippen LogP contribution is 2.24. The number of hydrogen-bond donors (Lipinski definition) is 1. The molecule has 27 heavy (non-hydrogen) atoms. The molecule has 1 heterocycles. The Balaban J connectivity index is 1.71. The molecule has 3 rings (SSSR count). The van der Waals surface area contributed by atoms with Crippen LogP contribution in [0.4, 0.5) is 11.4 Å². The number of rotatable bonds is 4. The molecule has 0 aliphatic carbocycles. The SMILES string of the molecule is CC(=O)Nc1cccc(N2CCN(S(=O)(=O)c3ccc(C)c(C)c3)CC2)c1. The fourth-order valence-electron chi connectivity index (χ4n) is 3.19. The molecule has 1 N–H and O–H groups in total. The lowest BCUT2D eigenvalue weighted by molar-refractivity contribution is -0.114. The fraction of sp³-hybridized carbons (Fsp3) is 0.350. The van der Waals surface area contributed by atoms with Crippen LogP contribution >= 0.6 is 0 Å². The summed E-state index contributed by atoms with van der Waals surface area (Å²) in [5.74, 6) is -0.114. The summed E-state index contributed by atoms with van der Waals surface area (Å²) in [4.78, 5) is 13.7. The number of amides is 1. The lowest BCUT2D eigenvalue weighted by Crippen LogP contribution is -2.48. The topological polar surface area (TPSA) is 69.7 Å². The molecule has 1 saturated heterocycles. The van der Waals surface area contributed by atoms with Gasteiger partial charge in [0, 0.05) is 44.5 Å². The highest BCUT2D eigenvalue weighted by Gasteiger charge is 2.28. The smallest absolute Gasteiger partial charge is 0.243 e. The van der Waals surface area contributed by atoms with Gasteiger partial charge in [0.05, 0.1) is 4.90 Å². The van der Waals surface area contributed by atoms with Crippen molar-refractivity contribution < 1.29 is 13.2 Å². The standard InChI is InChI=1S/C20H25N3O3S/c1-15-7-8-20(13-16(15)2)27(25,26)23-11-9-22(10-12-23)19-6-4-5-18(14-19)21-17(3)24/h4-8,13-14H,9-12H2,1-3H3,(H,21,24). The number of benzene rings is 2. The maximum Gasteiger partial charge on any atom is 0.243 e. The quantitative estimate of drug-likeness (QED) is 0.876. The highest BCUT2D eigenvalue weighted by atomic mass is 32.2. The van der Waals surface area contributed by atoms with Crippen molar-refractivity contribution in [2.24, 2.45) is 0 Å². The Morgan fingerprint density at radius 3 is 2.30 bits per heavy atom. The predicted molar refractivity (Wildman–Crippen MR) is 108 cm³/mol. The van der Waals surface area contributed by atoms with Crippen LogP contribution in [0.15, 0.2) is 47.4 Å². The first-order valence-electron chi connectivity index (χ1n) is 8.97. The van der Waals surface area contributed by atoms with Gasteiger partial charge in [0.2, 0.25) is 15.9 Å². The minimum absolute atomic E-state index is 0.114. The molecule has 7 heteroatoms. The van der Waals surface area contributed by atoms with Crippen molar-refractivity contribution in [1.82, 2.24) is 4.31 Å². The number of nitrogens with one attached hydrogen (secondary N) is 1. The van der Waals surface area contributed by atoms with Gasteiger partial charge in [-0.05, 0) is 55.3 Å². The molecule has 0 radical (unpaired) electrons. The maximum atomic E-state index is 12.9. The minimum Gasteiger partial charge on any atom is -0.369 e. The van der Waals surface area contributed by atoms with Crippen molar-refractivity contribution in [3.05, 3.63) is 53.6 Å². The second kappa shape index (κ2) is 7.70. The Morgan fingerprint density at radius 1 is 0.963 bits per heavy atom. The second-order valence-electron chi connectivity index (χ2n) is 6.87. The second-order valence-corrected chi connectivity index (χ2v) is 8.81. The molecule has 0 unspecified atom stereocenters. The summed E-state index contributed by atoms with van der Waals surface area (Å²) in [5.41, 5.74) is 3.77. The number of nitrogens with zero attached hydrogens (tertiary/aromatic N) is 2. The first-order chi connectivity index (χ1) is 12.8. The molecule has 2 aromatic rings. The number of piperazine rings is 1. The number of sulfonamides is 1. The zero-order valence-corrected chi connectivity index (χ0v) is 16.7. The number of hydrogen-bond acceptors (Lipinski definition) is 4. The van der Waals surface area contributed by atoms with Crippen LogP contribution < -0.4 is 10.2 Å². The predicted octanol–water partition coefficient (Wildman–Crippen LogP) is 2.77. The summed E-state index contributed by atoms with van der Waals surface area (Å²) in [7, 11) is -3.48. The monoisotopic (exact) mass is 387 g/mol. The van der Waals surface area contributed by atoms with Gasteiger partial charge in [-0.2, -0.15) is 4.31 Å². The van der Waals surface area contributed by atoms with E-state index < -0.39 is 10.0 Å². The Labute approximate surface area is 160 Å². The molecule has 0 spiro atoms. The van der Waals surface area contributed by atoms with Crippen molar-refractivity contribution in [3.63, 3.8) is 0 Å². The average molecular weight is 388 g/mol. The highest BCUT2D eigenvalue weighted by molar-refractivity contribution is 7.89. The number of anilines is 2.